The smallest absolute Gasteiger partial charge is 0.162 e. The summed E-state index contributed by atoms with van der Waals surface area (Å²) in [5.41, 5.74) is 2.52. The van der Waals surface area contributed by atoms with Crippen LogP contribution in [0.25, 0.3) is 10.9 Å². The largest absolute Gasteiger partial charge is 0.491 e. The number of aromatic nitrogens is 1. The van der Waals surface area contributed by atoms with Crippen molar-refractivity contribution in [3.63, 3.8) is 0 Å². The van der Waals surface area contributed by atoms with Crippen molar-refractivity contribution in [1.82, 2.24) is 9.88 Å². The van der Waals surface area contributed by atoms with E-state index in [-0.39, 0.29) is 12.4 Å². The highest BCUT2D eigenvalue weighted by Crippen LogP contribution is 2.27. The Kier molecular flexibility index (Phi) is 5.21. The minimum Gasteiger partial charge on any atom is -0.491 e. The predicted octanol–water partition coefficient (Wildman–Crippen LogP) is 2.90. The van der Waals surface area contributed by atoms with Gasteiger partial charge in [-0.25, -0.2) is 0 Å². The number of aliphatic hydroxyl groups is 1. The Morgan fingerprint density at radius 3 is 2.79 bits per heavy atom. The molecule has 1 unspecified atom stereocenters. The number of Topliss-reactive ketones (excluding diaryl/α,β-unsaturated/α-hetero) is 1. The van der Waals surface area contributed by atoms with E-state index in [2.05, 4.69) is 9.88 Å². The Bertz CT molecular complexity index is 717. The lowest BCUT2D eigenvalue weighted by Crippen LogP contribution is -2.38. The fourth-order valence-corrected chi connectivity index (χ4v) is 3.53. The third-order valence-electron chi connectivity index (χ3n) is 4.67. The molecule has 0 bridgehead atoms. The molecule has 2 N–H and O–H groups in total. The molecular formula is C19H26N2O3. The van der Waals surface area contributed by atoms with Gasteiger partial charge in [-0.3, -0.25) is 4.79 Å². The van der Waals surface area contributed by atoms with Gasteiger partial charge >= 0.3 is 0 Å². The summed E-state index contributed by atoms with van der Waals surface area (Å²) in [7, 11) is 0. The number of likely N-dealkylation sites (tertiary alicyclic amines) is 1. The number of ether oxygens (including phenoxy) is 1. The number of carbonyl (C=O) groups is 1. The topological polar surface area (TPSA) is 65.6 Å². The van der Waals surface area contributed by atoms with Gasteiger partial charge in [0.1, 0.15) is 18.5 Å². The summed E-state index contributed by atoms with van der Waals surface area (Å²) in [6, 6.07) is 5.67. The molecule has 0 spiro atoms. The lowest BCUT2D eigenvalue weighted by molar-refractivity contribution is 0.0617. The van der Waals surface area contributed by atoms with E-state index in [9.17, 15) is 9.90 Å². The molecule has 0 saturated carbocycles. The molecule has 0 aliphatic carbocycles. The highest BCUT2D eigenvalue weighted by Gasteiger charge is 2.16. The first-order valence-electron chi connectivity index (χ1n) is 8.71. The first kappa shape index (κ1) is 17.0. The van der Waals surface area contributed by atoms with E-state index in [1.807, 2.05) is 25.1 Å². The molecule has 1 atom stereocenters. The van der Waals surface area contributed by atoms with E-state index >= 15 is 0 Å². The molecule has 1 fully saturated rings. The zero-order chi connectivity index (χ0) is 17.1. The molecule has 0 radical (unpaired) electrons. The number of piperidine rings is 1. The molecule has 1 aliphatic heterocycles. The highest BCUT2D eigenvalue weighted by molar-refractivity contribution is 6.08. The number of H-pyrrole nitrogens is 1. The number of ketones is 1. The van der Waals surface area contributed by atoms with Crippen LogP contribution < -0.4 is 4.74 Å². The van der Waals surface area contributed by atoms with Gasteiger partial charge in [-0.15, -0.1) is 0 Å². The van der Waals surface area contributed by atoms with Crippen LogP contribution in [0.1, 0.15) is 42.2 Å². The van der Waals surface area contributed by atoms with E-state index in [0.717, 1.165) is 29.7 Å². The molecular weight excluding hydrogens is 304 g/mol. The lowest BCUT2D eigenvalue weighted by atomic mass is 10.1. The van der Waals surface area contributed by atoms with Gasteiger partial charge in [-0.1, -0.05) is 6.42 Å². The van der Waals surface area contributed by atoms with Crippen molar-refractivity contribution in [2.45, 2.75) is 39.2 Å². The third-order valence-corrected chi connectivity index (χ3v) is 4.67. The summed E-state index contributed by atoms with van der Waals surface area (Å²) in [5.74, 6) is 0.725. The second-order valence-electron chi connectivity index (χ2n) is 6.71. The number of nitrogens with one attached hydrogen (secondary N) is 1. The molecule has 2 heterocycles. The van der Waals surface area contributed by atoms with Crippen molar-refractivity contribution in [2.75, 3.05) is 26.2 Å². The zero-order valence-electron chi connectivity index (χ0n) is 14.5. The number of nitrogens with zero attached hydrogens (tertiary/aromatic N) is 1. The quantitative estimate of drug-likeness (QED) is 0.799. The maximum absolute atomic E-state index is 11.8. The summed E-state index contributed by atoms with van der Waals surface area (Å²) in [6.45, 7) is 6.53. The number of aromatic amines is 1. The van der Waals surface area contributed by atoms with Crippen LogP contribution in [-0.2, 0) is 0 Å². The Labute approximate surface area is 142 Å². The van der Waals surface area contributed by atoms with Crippen LogP contribution in [0.5, 0.6) is 5.75 Å². The second-order valence-corrected chi connectivity index (χ2v) is 6.71. The minimum atomic E-state index is -0.501. The van der Waals surface area contributed by atoms with Gasteiger partial charge in [0.15, 0.2) is 5.78 Å². The summed E-state index contributed by atoms with van der Waals surface area (Å²) < 4.78 is 5.76. The van der Waals surface area contributed by atoms with Crippen molar-refractivity contribution in [3.05, 3.63) is 29.5 Å². The van der Waals surface area contributed by atoms with Crippen molar-refractivity contribution in [3.8, 4) is 5.75 Å². The van der Waals surface area contributed by atoms with Crippen LogP contribution in [0.15, 0.2) is 18.2 Å². The van der Waals surface area contributed by atoms with E-state index < -0.39 is 6.10 Å². The van der Waals surface area contributed by atoms with Crippen molar-refractivity contribution in [2.24, 2.45) is 0 Å². The monoisotopic (exact) mass is 330 g/mol. The minimum absolute atomic E-state index is 0.0426. The van der Waals surface area contributed by atoms with Crippen molar-refractivity contribution >= 4 is 16.7 Å². The zero-order valence-corrected chi connectivity index (χ0v) is 14.5. The van der Waals surface area contributed by atoms with Gasteiger partial charge in [0.05, 0.1) is 0 Å². The molecule has 1 saturated heterocycles. The van der Waals surface area contributed by atoms with E-state index in [4.69, 9.17) is 4.74 Å². The maximum atomic E-state index is 11.8. The Morgan fingerprint density at radius 2 is 2.08 bits per heavy atom. The molecule has 5 heteroatoms. The fourth-order valence-electron chi connectivity index (χ4n) is 3.53. The number of aryl methyl sites for hydroxylation is 1. The lowest BCUT2D eigenvalue weighted by Gasteiger charge is -2.28. The summed E-state index contributed by atoms with van der Waals surface area (Å²) >= 11 is 0. The number of hydrogen-bond acceptors (Lipinski definition) is 4. The number of aliphatic hydroxyl groups excluding tert-OH is 1. The number of fused-ring (bicyclic) bond motifs is 1. The first-order chi connectivity index (χ1) is 11.5. The van der Waals surface area contributed by atoms with E-state index in [1.54, 1.807) is 6.92 Å². The second kappa shape index (κ2) is 7.36. The molecule has 3 rings (SSSR count). The van der Waals surface area contributed by atoms with Gasteiger partial charge in [0.25, 0.3) is 0 Å². The molecule has 5 nitrogen and oxygen atoms in total. The normalized spacial score (nSPS) is 17.1. The fraction of sp³-hybridized carbons (Fsp3) is 0.526. The summed E-state index contributed by atoms with van der Waals surface area (Å²) in [4.78, 5) is 17.4. The van der Waals surface area contributed by atoms with Gasteiger partial charge < -0.3 is 19.7 Å². The molecule has 1 aromatic heterocycles. The SMILES string of the molecule is CC(=O)c1c(C)[nH]c2ccc(OCC(O)CN3CCCCC3)cc12. The van der Waals surface area contributed by atoms with E-state index in [0.29, 0.717) is 17.9 Å². The number of rotatable bonds is 6. The molecule has 1 aliphatic rings. The number of carbonyl (C=O) groups excluding carboxylic acids is 1. The van der Waals surface area contributed by atoms with Crippen LogP contribution in [0.3, 0.4) is 0 Å². The van der Waals surface area contributed by atoms with Gasteiger partial charge in [0, 0.05) is 28.7 Å². The molecule has 0 amide bonds. The average molecular weight is 330 g/mol. The summed E-state index contributed by atoms with van der Waals surface area (Å²) in [5, 5.41) is 11.1. The maximum Gasteiger partial charge on any atom is 0.162 e. The molecule has 130 valence electrons. The van der Waals surface area contributed by atoms with Crippen molar-refractivity contribution < 1.29 is 14.6 Å². The van der Waals surface area contributed by atoms with Crippen LogP contribution >= 0.6 is 0 Å². The summed E-state index contributed by atoms with van der Waals surface area (Å²) in [6.07, 6.45) is 3.21. The third kappa shape index (κ3) is 3.79. The molecule has 1 aromatic carbocycles. The van der Waals surface area contributed by atoms with Crippen LogP contribution in [-0.4, -0.2) is 53.1 Å². The first-order valence-corrected chi connectivity index (χ1v) is 8.71. The van der Waals surface area contributed by atoms with Crippen molar-refractivity contribution in [1.29, 1.82) is 0 Å². The van der Waals surface area contributed by atoms with Gasteiger partial charge in [-0.2, -0.15) is 0 Å². The Hall–Kier alpha value is -1.85. The number of β-amino-alcohol motifs (C(OH)–C–C–N with tert-alkyl or cyclic N) is 1. The van der Waals surface area contributed by atoms with Crippen LogP contribution in [0.4, 0.5) is 0 Å². The number of benzene rings is 1. The highest BCUT2D eigenvalue weighted by atomic mass is 16.5. The number of hydrogen-bond donors (Lipinski definition) is 2. The Morgan fingerprint density at radius 1 is 1.33 bits per heavy atom. The standard InChI is InChI=1S/C19H26N2O3/c1-13-19(14(2)22)17-10-16(6-7-18(17)20-13)24-12-15(23)11-21-8-4-3-5-9-21/h6-7,10,15,20,23H,3-5,8-9,11-12H2,1-2H3. The predicted molar refractivity (Wildman–Crippen MR) is 94.8 cm³/mol. The van der Waals surface area contributed by atoms with Crippen LogP contribution in [0, 0.1) is 6.92 Å². The van der Waals surface area contributed by atoms with Crippen LogP contribution in [0.2, 0.25) is 0 Å². The van der Waals surface area contributed by atoms with E-state index in [1.165, 1.54) is 19.3 Å². The molecule has 2 aromatic rings. The average Bonchev–Trinajstić information content (AvgIpc) is 2.89. The Balaban J connectivity index is 1.64. The van der Waals surface area contributed by atoms with Gasteiger partial charge in [-0.05, 0) is 58.0 Å². The molecule has 24 heavy (non-hydrogen) atoms. The van der Waals surface area contributed by atoms with Gasteiger partial charge in [0.2, 0.25) is 0 Å².